The molecule has 0 aliphatic heterocycles. The van der Waals surface area contributed by atoms with E-state index >= 15 is 0 Å². The summed E-state index contributed by atoms with van der Waals surface area (Å²) in [5.41, 5.74) is 5.43. The average molecular weight is 211 g/mol. The van der Waals surface area contributed by atoms with Crippen molar-refractivity contribution in [3.05, 3.63) is 24.3 Å². The molecule has 0 saturated carbocycles. The number of nitrogens with two attached hydrogens (primary N) is 1. The molecule has 0 radical (unpaired) electrons. The summed E-state index contributed by atoms with van der Waals surface area (Å²) in [6.45, 7) is 4.77. The van der Waals surface area contributed by atoms with Crippen molar-refractivity contribution in [1.29, 1.82) is 0 Å². The molecule has 2 nitrogen and oxygen atoms in total. The molecule has 1 rings (SSSR count). The summed E-state index contributed by atoms with van der Waals surface area (Å²) in [5.74, 6) is 1.89. The van der Waals surface area contributed by atoms with Crippen LogP contribution in [0.25, 0.3) is 0 Å². The predicted molar refractivity (Wildman–Crippen MR) is 62.0 cm³/mol. The zero-order valence-corrected chi connectivity index (χ0v) is 9.51. The zero-order valence-electron chi connectivity index (χ0n) is 8.69. The van der Waals surface area contributed by atoms with Gasteiger partial charge in [0.2, 0.25) is 0 Å². The highest BCUT2D eigenvalue weighted by Gasteiger charge is 1.97. The van der Waals surface area contributed by atoms with E-state index in [0.717, 1.165) is 18.0 Å². The molecular formula is C11H17NOS. The van der Waals surface area contributed by atoms with Gasteiger partial charge in [-0.1, -0.05) is 0 Å². The van der Waals surface area contributed by atoms with Gasteiger partial charge < -0.3 is 10.5 Å². The smallest absolute Gasteiger partial charge is 0.119 e. The molecule has 0 saturated heterocycles. The van der Waals surface area contributed by atoms with E-state index in [1.54, 1.807) is 11.8 Å². The third-order valence-corrected chi connectivity index (χ3v) is 2.63. The fourth-order valence-electron chi connectivity index (χ4n) is 1.06. The Kier molecular flexibility index (Phi) is 4.84. The maximum absolute atomic E-state index is 5.54. The van der Waals surface area contributed by atoms with Crippen molar-refractivity contribution in [3.63, 3.8) is 0 Å². The summed E-state index contributed by atoms with van der Waals surface area (Å²) in [4.78, 5) is 1.24. The molecule has 0 bridgehead atoms. The SMILES string of the molecule is CC(C)Oc1ccc(SCCN)cc1. The van der Waals surface area contributed by atoms with Crippen molar-refractivity contribution in [2.24, 2.45) is 5.73 Å². The van der Waals surface area contributed by atoms with E-state index in [-0.39, 0.29) is 6.10 Å². The van der Waals surface area contributed by atoms with Crippen molar-refractivity contribution < 1.29 is 4.74 Å². The number of benzene rings is 1. The largest absolute Gasteiger partial charge is 0.491 e. The van der Waals surface area contributed by atoms with Gasteiger partial charge in [-0.3, -0.25) is 0 Å². The highest BCUT2D eigenvalue weighted by molar-refractivity contribution is 7.99. The molecule has 0 unspecified atom stereocenters. The lowest BCUT2D eigenvalue weighted by Gasteiger charge is -2.09. The Morgan fingerprint density at radius 1 is 1.29 bits per heavy atom. The van der Waals surface area contributed by atoms with Gasteiger partial charge in [-0.25, -0.2) is 0 Å². The Labute approximate surface area is 89.8 Å². The van der Waals surface area contributed by atoms with E-state index < -0.39 is 0 Å². The first-order valence-corrected chi connectivity index (χ1v) is 5.80. The Balaban J connectivity index is 2.50. The first-order chi connectivity index (χ1) is 6.72. The van der Waals surface area contributed by atoms with Crippen molar-refractivity contribution >= 4 is 11.8 Å². The van der Waals surface area contributed by atoms with Gasteiger partial charge in [0.05, 0.1) is 6.10 Å². The number of hydrogen-bond acceptors (Lipinski definition) is 3. The molecule has 0 fully saturated rings. The van der Waals surface area contributed by atoms with Crippen molar-refractivity contribution in [2.45, 2.75) is 24.8 Å². The molecule has 14 heavy (non-hydrogen) atoms. The minimum absolute atomic E-state index is 0.234. The summed E-state index contributed by atoms with van der Waals surface area (Å²) in [7, 11) is 0. The average Bonchev–Trinajstić information content (AvgIpc) is 2.16. The standard InChI is InChI=1S/C11H17NOS/c1-9(2)13-10-3-5-11(6-4-10)14-8-7-12/h3-6,9H,7-8,12H2,1-2H3. The Hall–Kier alpha value is -0.670. The van der Waals surface area contributed by atoms with E-state index in [2.05, 4.69) is 12.1 Å². The summed E-state index contributed by atoms with van der Waals surface area (Å²) in [6, 6.07) is 8.13. The van der Waals surface area contributed by atoms with Crippen molar-refractivity contribution in [3.8, 4) is 5.75 Å². The molecule has 3 heteroatoms. The summed E-state index contributed by atoms with van der Waals surface area (Å²) >= 11 is 1.77. The second-order valence-corrected chi connectivity index (χ2v) is 4.44. The van der Waals surface area contributed by atoms with Gasteiger partial charge >= 0.3 is 0 Å². The van der Waals surface area contributed by atoms with Gasteiger partial charge in [0, 0.05) is 17.2 Å². The van der Waals surface area contributed by atoms with Crippen LogP contribution in [0.1, 0.15) is 13.8 Å². The highest BCUT2D eigenvalue weighted by atomic mass is 32.2. The maximum atomic E-state index is 5.54. The van der Waals surface area contributed by atoms with Gasteiger partial charge in [-0.05, 0) is 38.1 Å². The molecule has 1 aromatic rings. The molecule has 0 heterocycles. The Bertz CT molecular complexity index is 258. The molecule has 78 valence electrons. The molecule has 0 spiro atoms. The van der Waals surface area contributed by atoms with Crippen LogP contribution >= 0.6 is 11.8 Å². The van der Waals surface area contributed by atoms with E-state index in [4.69, 9.17) is 10.5 Å². The lowest BCUT2D eigenvalue weighted by molar-refractivity contribution is 0.242. The predicted octanol–water partition coefficient (Wildman–Crippen LogP) is 2.52. The van der Waals surface area contributed by atoms with Crippen LogP contribution in [-0.2, 0) is 0 Å². The van der Waals surface area contributed by atoms with Crippen LogP contribution < -0.4 is 10.5 Å². The van der Waals surface area contributed by atoms with Crippen LogP contribution in [0.3, 0.4) is 0 Å². The van der Waals surface area contributed by atoms with Crippen LogP contribution in [0, 0.1) is 0 Å². The number of ether oxygens (including phenoxy) is 1. The van der Waals surface area contributed by atoms with Crippen LogP contribution in [0.4, 0.5) is 0 Å². The van der Waals surface area contributed by atoms with E-state index in [0.29, 0.717) is 0 Å². The van der Waals surface area contributed by atoms with Gasteiger partial charge in [-0.2, -0.15) is 0 Å². The molecule has 1 aromatic carbocycles. The normalized spacial score (nSPS) is 10.6. The number of thioether (sulfide) groups is 1. The van der Waals surface area contributed by atoms with Crippen molar-refractivity contribution in [1.82, 2.24) is 0 Å². The minimum Gasteiger partial charge on any atom is -0.491 e. The Morgan fingerprint density at radius 2 is 1.93 bits per heavy atom. The third kappa shape index (κ3) is 4.03. The lowest BCUT2D eigenvalue weighted by Crippen LogP contribution is -2.05. The highest BCUT2D eigenvalue weighted by Crippen LogP contribution is 2.21. The first-order valence-electron chi connectivity index (χ1n) is 4.82. The molecule has 0 aromatic heterocycles. The molecular weight excluding hydrogens is 194 g/mol. The maximum Gasteiger partial charge on any atom is 0.119 e. The quantitative estimate of drug-likeness (QED) is 0.760. The molecule has 2 N–H and O–H groups in total. The van der Waals surface area contributed by atoms with Crippen LogP contribution in [0.5, 0.6) is 5.75 Å². The van der Waals surface area contributed by atoms with Crippen LogP contribution in [0.2, 0.25) is 0 Å². The molecule has 0 aliphatic carbocycles. The summed E-state index contributed by atoms with van der Waals surface area (Å²) in [5, 5.41) is 0. The van der Waals surface area contributed by atoms with Gasteiger partial charge in [-0.15, -0.1) is 11.8 Å². The van der Waals surface area contributed by atoms with E-state index in [9.17, 15) is 0 Å². The topological polar surface area (TPSA) is 35.2 Å². The molecule has 0 atom stereocenters. The van der Waals surface area contributed by atoms with Gasteiger partial charge in [0.1, 0.15) is 5.75 Å². The van der Waals surface area contributed by atoms with E-state index in [1.165, 1.54) is 4.90 Å². The van der Waals surface area contributed by atoms with Crippen LogP contribution in [-0.4, -0.2) is 18.4 Å². The molecule has 0 aliphatic rings. The summed E-state index contributed by atoms with van der Waals surface area (Å²) < 4.78 is 5.54. The second kappa shape index (κ2) is 5.94. The minimum atomic E-state index is 0.234. The monoisotopic (exact) mass is 211 g/mol. The van der Waals surface area contributed by atoms with Gasteiger partial charge in [0.25, 0.3) is 0 Å². The fourth-order valence-corrected chi connectivity index (χ4v) is 1.75. The lowest BCUT2D eigenvalue weighted by atomic mass is 10.3. The van der Waals surface area contributed by atoms with Crippen LogP contribution in [0.15, 0.2) is 29.2 Å². The number of hydrogen-bond donors (Lipinski definition) is 1. The van der Waals surface area contributed by atoms with Crippen molar-refractivity contribution in [2.75, 3.05) is 12.3 Å². The molecule has 0 amide bonds. The summed E-state index contributed by atoms with van der Waals surface area (Å²) in [6.07, 6.45) is 0.234. The van der Waals surface area contributed by atoms with E-state index in [1.807, 2.05) is 26.0 Å². The number of rotatable bonds is 5. The second-order valence-electron chi connectivity index (χ2n) is 3.28. The fraction of sp³-hybridized carbons (Fsp3) is 0.455. The van der Waals surface area contributed by atoms with Gasteiger partial charge in [0.15, 0.2) is 0 Å². The first kappa shape index (κ1) is 11.4. The Morgan fingerprint density at radius 3 is 2.43 bits per heavy atom. The zero-order chi connectivity index (χ0) is 10.4. The third-order valence-electron chi connectivity index (χ3n) is 1.58.